The Bertz CT molecular complexity index is 869. The van der Waals surface area contributed by atoms with E-state index in [0.29, 0.717) is 37.5 Å². The van der Waals surface area contributed by atoms with Crippen LogP contribution < -0.4 is 4.74 Å². The number of rotatable bonds is 6. The highest BCUT2D eigenvalue weighted by molar-refractivity contribution is 9.10. The second kappa shape index (κ2) is 9.15. The van der Waals surface area contributed by atoms with E-state index in [2.05, 4.69) is 20.7 Å². The van der Waals surface area contributed by atoms with Gasteiger partial charge in [-0.2, -0.15) is 8.78 Å². The lowest BCUT2D eigenvalue weighted by atomic mass is 10.0. The Morgan fingerprint density at radius 1 is 0.967 bits per heavy atom. The lowest BCUT2D eigenvalue weighted by Gasteiger charge is -2.30. The molecule has 3 nitrogen and oxygen atoms in total. The van der Waals surface area contributed by atoms with Crippen LogP contribution in [0.25, 0.3) is 0 Å². The number of hydrogen-bond donors (Lipinski definition) is 0. The molecule has 1 saturated heterocycles. The van der Waals surface area contributed by atoms with Gasteiger partial charge in [0, 0.05) is 23.6 Å². The summed E-state index contributed by atoms with van der Waals surface area (Å²) >= 11 is 2.58. The fourth-order valence-corrected chi connectivity index (χ4v) is 3.34. The second-order valence-electron chi connectivity index (χ2n) is 6.83. The molecule has 0 N–H and O–H groups in total. The van der Waals surface area contributed by atoms with Gasteiger partial charge in [0.15, 0.2) is 6.29 Å². The molecule has 1 heterocycles. The van der Waals surface area contributed by atoms with E-state index in [-0.39, 0.29) is 11.5 Å². The van der Waals surface area contributed by atoms with E-state index in [9.17, 15) is 26.3 Å². The molecule has 10 heteroatoms. The molecule has 0 spiro atoms. The van der Waals surface area contributed by atoms with Crippen LogP contribution in [0.3, 0.4) is 0 Å². The maximum atomic E-state index is 14.4. The van der Waals surface area contributed by atoms with Crippen LogP contribution in [0.5, 0.6) is 5.75 Å². The first-order valence-electron chi connectivity index (χ1n) is 9.06. The molecule has 2 aromatic carbocycles. The molecular weight excluding hydrogens is 482 g/mol. The van der Waals surface area contributed by atoms with Crippen LogP contribution in [0.1, 0.15) is 37.2 Å². The van der Waals surface area contributed by atoms with Crippen LogP contribution in [0.4, 0.5) is 26.3 Å². The summed E-state index contributed by atoms with van der Waals surface area (Å²) in [6.07, 6.45) is -3.86. The van der Waals surface area contributed by atoms with Crippen molar-refractivity contribution in [2.45, 2.75) is 32.2 Å². The third-order valence-corrected chi connectivity index (χ3v) is 5.25. The highest BCUT2D eigenvalue weighted by atomic mass is 79.9. The van der Waals surface area contributed by atoms with Crippen molar-refractivity contribution >= 4 is 15.9 Å². The number of hydrogen-bond acceptors (Lipinski definition) is 3. The fourth-order valence-electron chi connectivity index (χ4n) is 3.11. The molecule has 3 rings (SSSR count). The maximum absolute atomic E-state index is 14.4. The topological polar surface area (TPSA) is 27.7 Å². The predicted octanol–water partition coefficient (Wildman–Crippen LogP) is 6.60. The van der Waals surface area contributed by atoms with Gasteiger partial charge in [0.2, 0.25) is 0 Å². The van der Waals surface area contributed by atoms with Crippen molar-refractivity contribution in [3.63, 3.8) is 0 Å². The van der Waals surface area contributed by atoms with Crippen LogP contribution in [-0.2, 0) is 15.6 Å². The van der Waals surface area contributed by atoms with Crippen LogP contribution in [0.15, 0.2) is 28.7 Å². The summed E-state index contributed by atoms with van der Waals surface area (Å²) in [4.78, 5) is 0. The first-order valence-corrected chi connectivity index (χ1v) is 9.85. The van der Waals surface area contributed by atoms with Gasteiger partial charge in [-0.05, 0) is 34.5 Å². The molecule has 30 heavy (non-hydrogen) atoms. The average Bonchev–Trinajstić information content (AvgIpc) is 2.65. The third kappa shape index (κ3) is 4.92. The highest BCUT2D eigenvalue weighted by Gasteiger charge is 2.42. The molecule has 0 atom stereocenters. The molecule has 0 bridgehead atoms. The molecule has 2 aromatic rings. The van der Waals surface area contributed by atoms with Crippen molar-refractivity contribution in [3.8, 4) is 5.75 Å². The summed E-state index contributed by atoms with van der Waals surface area (Å²) in [7, 11) is 0. The molecule has 0 saturated carbocycles. The van der Waals surface area contributed by atoms with E-state index in [1.165, 1.54) is 0 Å². The summed E-state index contributed by atoms with van der Waals surface area (Å²) in [5.41, 5.74) is -1.81. The third-order valence-electron chi connectivity index (χ3n) is 4.49. The molecule has 0 aliphatic carbocycles. The average molecular weight is 499 g/mol. The molecule has 0 amide bonds. The molecule has 1 aliphatic heterocycles. The predicted molar refractivity (Wildman–Crippen MR) is 98.0 cm³/mol. The summed E-state index contributed by atoms with van der Waals surface area (Å²) in [6, 6.07) is 2.23. The van der Waals surface area contributed by atoms with Crippen molar-refractivity contribution in [1.29, 1.82) is 0 Å². The largest absolute Gasteiger partial charge is 0.432 e. The van der Waals surface area contributed by atoms with Crippen molar-refractivity contribution < 1.29 is 40.6 Å². The molecule has 164 valence electrons. The zero-order chi connectivity index (χ0) is 22.1. The second-order valence-corrected chi connectivity index (χ2v) is 7.63. The van der Waals surface area contributed by atoms with E-state index in [1.807, 2.05) is 6.92 Å². The summed E-state index contributed by atoms with van der Waals surface area (Å²) < 4.78 is 99.2. The standard InChI is InChI=1S/C20H17BrF6O3/c1-2-3-10-8-28-19(29-9-10)11-4-13(22)17(14(23)5-11)20(26,27)30-12-6-15(24)18(21)16(25)7-12/h4-7,10,19H,2-3,8-9H2,1H3. The smallest absolute Gasteiger partial charge is 0.429 e. The normalized spacial score (nSPS) is 19.7. The van der Waals surface area contributed by atoms with Crippen LogP contribution in [0.2, 0.25) is 0 Å². The van der Waals surface area contributed by atoms with Crippen molar-refractivity contribution in [3.05, 3.63) is 63.1 Å². The van der Waals surface area contributed by atoms with Crippen molar-refractivity contribution in [2.75, 3.05) is 13.2 Å². The van der Waals surface area contributed by atoms with E-state index in [1.54, 1.807) is 0 Å². The van der Waals surface area contributed by atoms with Gasteiger partial charge in [-0.3, -0.25) is 0 Å². The maximum Gasteiger partial charge on any atom is 0.432 e. The Morgan fingerprint density at radius 3 is 2.00 bits per heavy atom. The monoisotopic (exact) mass is 498 g/mol. The van der Waals surface area contributed by atoms with Gasteiger partial charge in [-0.1, -0.05) is 13.3 Å². The van der Waals surface area contributed by atoms with E-state index < -0.39 is 51.5 Å². The van der Waals surface area contributed by atoms with Gasteiger partial charge >= 0.3 is 6.11 Å². The van der Waals surface area contributed by atoms with E-state index >= 15 is 0 Å². The molecule has 1 aliphatic rings. The highest BCUT2D eigenvalue weighted by Crippen LogP contribution is 2.38. The van der Waals surface area contributed by atoms with Gasteiger partial charge in [0.1, 0.15) is 34.6 Å². The number of alkyl halides is 2. The van der Waals surface area contributed by atoms with Gasteiger partial charge in [-0.15, -0.1) is 0 Å². The van der Waals surface area contributed by atoms with Crippen LogP contribution in [-0.4, -0.2) is 13.2 Å². The first-order chi connectivity index (χ1) is 14.1. The minimum absolute atomic E-state index is 0.111. The Hall–Kier alpha value is -1.78. The van der Waals surface area contributed by atoms with Crippen LogP contribution in [0, 0.1) is 29.2 Å². The fraction of sp³-hybridized carbons (Fsp3) is 0.400. The van der Waals surface area contributed by atoms with Crippen molar-refractivity contribution in [1.82, 2.24) is 0 Å². The van der Waals surface area contributed by atoms with Gasteiger partial charge in [-0.25, -0.2) is 17.6 Å². The first kappa shape index (κ1) is 22.9. The van der Waals surface area contributed by atoms with Gasteiger partial charge < -0.3 is 14.2 Å². The Labute approximate surface area is 177 Å². The summed E-state index contributed by atoms with van der Waals surface area (Å²) in [5.74, 6) is -6.46. The summed E-state index contributed by atoms with van der Waals surface area (Å²) in [6.45, 7) is 2.61. The molecule has 0 aromatic heterocycles. The van der Waals surface area contributed by atoms with Crippen molar-refractivity contribution in [2.24, 2.45) is 5.92 Å². The number of benzene rings is 2. The quantitative estimate of drug-likeness (QED) is 0.332. The Kier molecular flexibility index (Phi) is 6.98. The summed E-state index contributed by atoms with van der Waals surface area (Å²) in [5, 5.41) is 0. The molecular formula is C20H17BrF6O3. The van der Waals surface area contributed by atoms with E-state index in [4.69, 9.17) is 9.47 Å². The molecule has 0 unspecified atom stereocenters. The van der Waals surface area contributed by atoms with E-state index in [0.717, 1.165) is 12.8 Å². The number of halogens is 7. The van der Waals surface area contributed by atoms with Gasteiger partial charge in [0.05, 0.1) is 17.7 Å². The van der Waals surface area contributed by atoms with Gasteiger partial charge in [0.25, 0.3) is 0 Å². The Morgan fingerprint density at radius 2 is 1.50 bits per heavy atom. The zero-order valence-electron chi connectivity index (χ0n) is 15.7. The molecule has 1 fully saturated rings. The molecule has 0 radical (unpaired) electrons. The lowest BCUT2D eigenvalue weighted by Crippen LogP contribution is -2.28. The SMILES string of the molecule is CCCC1COC(c2cc(F)c(C(F)(F)Oc3cc(F)c(Br)c(F)c3)c(F)c2)OC1. The number of ether oxygens (including phenoxy) is 3. The minimum atomic E-state index is -4.54. The lowest BCUT2D eigenvalue weighted by molar-refractivity contribution is -0.206. The van der Waals surface area contributed by atoms with Crippen LogP contribution >= 0.6 is 15.9 Å². The minimum Gasteiger partial charge on any atom is -0.429 e. The Balaban J connectivity index is 1.82. The zero-order valence-corrected chi connectivity index (χ0v) is 17.2.